The van der Waals surface area contributed by atoms with Crippen molar-refractivity contribution in [3.63, 3.8) is 0 Å². The van der Waals surface area contributed by atoms with E-state index < -0.39 is 22.1 Å². The molecule has 0 bridgehead atoms. The van der Waals surface area contributed by atoms with Gasteiger partial charge in [-0.2, -0.15) is 0 Å². The average molecular weight is 237 g/mol. The molecule has 0 aliphatic heterocycles. The van der Waals surface area contributed by atoms with Gasteiger partial charge in [0.05, 0.1) is 0 Å². The summed E-state index contributed by atoms with van der Waals surface area (Å²) in [5.74, 6) is 0. The van der Waals surface area contributed by atoms with E-state index in [1.54, 1.807) is 0 Å². The van der Waals surface area contributed by atoms with Crippen molar-refractivity contribution in [3.8, 4) is 0 Å². The number of primary sulfonamides is 1. The van der Waals surface area contributed by atoms with Crippen molar-refractivity contribution >= 4 is 10.0 Å². The van der Waals surface area contributed by atoms with Crippen LogP contribution in [0.2, 0.25) is 0 Å². The third-order valence-electron chi connectivity index (χ3n) is 1.72. The number of rotatable bonds is 3. The largest absolute Gasteiger partial charge is 0.326 e. The SMILES string of the molecule is NCc1cc(C(F)F)ncc1S(N)(=O)=O. The number of nitrogens with zero attached hydrogens (tertiary/aromatic N) is 1. The summed E-state index contributed by atoms with van der Waals surface area (Å²) in [6, 6.07) is 0.935. The van der Waals surface area contributed by atoms with Crippen molar-refractivity contribution in [2.24, 2.45) is 10.9 Å². The maximum Gasteiger partial charge on any atom is 0.280 e. The maximum absolute atomic E-state index is 12.2. The molecule has 0 saturated heterocycles. The third-order valence-corrected chi connectivity index (χ3v) is 2.70. The first-order valence-corrected chi connectivity index (χ1v) is 5.40. The molecule has 0 unspecified atom stereocenters. The van der Waals surface area contributed by atoms with Gasteiger partial charge in [-0.15, -0.1) is 0 Å². The van der Waals surface area contributed by atoms with Gasteiger partial charge in [-0.3, -0.25) is 4.98 Å². The molecule has 1 aromatic heterocycles. The Labute approximate surface area is 85.2 Å². The minimum Gasteiger partial charge on any atom is -0.326 e. The van der Waals surface area contributed by atoms with Crippen molar-refractivity contribution in [2.75, 3.05) is 0 Å². The van der Waals surface area contributed by atoms with Gasteiger partial charge in [0.15, 0.2) is 0 Å². The smallest absolute Gasteiger partial charge is 0.280 e. The van der Waals surface area contributed by atoms with E-state index in [9.17, 15) is 17.2 Å². The molecule has 0 fully saturated rings. The Bertz CT molecular complexity index is 461. The monoisotopic (exact) mass is 237 g/mol. The van der Waals surface area contributed by atoms with Gasteiger partial charge >= 0.3 is 0 Å². The lowest BCUT2D eigenvalue weighted by Gasteiger charge is -2.06. The van der Waals surface area contributed by atoms with Crippen LogP contribution in [0.3, 0.4) is 0 Å². The van der Waals surface area contributed by atoms with Crippen molar-refractivity contribution in [1.82, 2.24) is 4.98 Å². The first kappa shape index (κ1) is 12.0. The Morgan fingerprint density at radius 3 is 2.47 bits per heavy atom. The highest BCUT2D eigenvalue weighted by molar-refractivity contribution is 7.89. The van der Waals surface area contributed by atoms with Crippen molar-refractivity contribution < 1.29 is 17.2 Å². The zero-order valence-electron chi connectivity index (χ0n) is 7.52. The van der Waals surface area contributed by atoms with Crippen LogP contribution >= 0.6 is 0 Å². The fourth-order valence-corrected chi connectivity index (χ4v) is 1.75. The second-order valence-corrected chi connectivity index (χ2v) is 4.30. The van der Waals surface area contributed by atoms with E-state index >= 15 is 0 Å². The Morgan fingerprint density at radius 2 is 2.07 bits per heavy atom. The van der Waals surface area contributed by atoms with Gasteiger partial charge < -0.3 is 5.73 Å². The molecule has 0 spiro atoms. The zero-order chi connectivity index (χ0) is 11.6. The summed E-state index contributed by atoms with van der Waals surface area (Å²) < 4.78 is 46.4. The summed E-state index contributed by atoms with van der Waals surface area (Å²) in [4.78, 5) is 2.96. The predicted octanol–water partition coefficient (Wildman–Crippen LogP) is 0.125. The number of aromatic nitrogens is 1. The number of nitrogens with two attached hydrogens (primary N) is 2. The van der Waals surface area contributed by atoms with E-state index in [0.29, 0.717) is 0 Å². The van der Waals surface area contributed by atoms with E-state index in [1.165, 1.54) is 0 Å². The second-order valence-electron chi connectivity index (χ2n) is 2.77. The van der Waals surface area contributed by atoms with Crippen molar-refractivity contribution in [1.29, 1.82) is 0 Å². The first-order chi connectivity index (χ1) is 6.86. The molecule has 0 aliphatic carbocycles. The summed E-state index contributed by atoms with van der Waals surface area (Å²) in [5.41, 5.74) is 4.73. The Hall–Kier alpha value is -1.12. The molecule has 5 nitrogen and oxygen atoms in total. The van der Waals surface area contributed by atoms with Gasteiger partial charge in [-0.05, 0) is 11.6 Å². The van der Waals surface area contributed by atoms with E-state index in [-0.39, 0.29) is 17.0 Å². The number of halogens is 2. The molecule has 1 aromatic rings. The van der Waals surface area contributed by atoms with Crippen LogP contribution in [0.5, 0.6) is 0 Å². The third kappa shape index (κ3) is 2.67. The highest BCUT2D eigenvalue weighted by Crippen LogP contribution is 2.20. The van der Waals surface area contributed by atoms with E-state index in [0.717, 1.165) is 12.3 Å². The van der Waals surface area contributed by atoms with Crippen LogP contribution in [0.15, 0.2) is 17.2 Å². The standard InChI is InChI=1S/C7H9F2N3O2S/c8-7(9)5-1-4(2-10)6(3-12-5)15(11,13)14/h1,3,7H,2,10H2,(H2,11,13,14). The zero-order valence-corrected chi connectivity index (χ0v) is 8.34. The molecule has 84 valence electrons. The fraction of sp³-hybridized carbons (Fsp3) is 0.286. The molecule has 0 atom stereocenters. The van der Waals surface area contributed by atoms with E-state index in [4.69, 9.17) is 10.9 Å². The molecular weight excluding hydrogens is 228 g/mol. The van der Waals surface area contributed by atoms with Gasteiger partial charge in [0, 0.05) is 12.7 Å². The predicted molar refractivity (Wildman–Crippen MR) is 48.5 cm³/mol. The van der Waals surface area contributed by atoms with Crippen molar-refractivity contribution in [3.05, 3.63) is 23.5 Å². The van der Waals surface area contributed by atoms with Gasteiger partial charge in [0.1, 0.15) is 10.6 Å². The number of alkyl halides is 2. The lowest BCUT2D eigenvalue weighted by Crippen LogP contribution is -2.17. The molecule has 1 heterocycles. The molecule has 4 N–H and O–H groups in total. The highest BCUT2D eigenvalue weighted by Gasteiger charge is 2.17. The highest BCUT2D eigenvalue weighted by atomic mass is 32.2. The Morgan fingerprint density at radius 1 is 1.47 bits per heavy atom. The topological polar surface area (TPSA) is 99.1 Å². The summed E-state index contributed by atoms with van der Waals surface area (Å²) in [6.45, 7) is -0.200. The van der Waals surface area contributed by atoms with Gasteiger partial charge in [-0.1, -0.05) is 0 Å². The van der Waals surface area contributed by atoms with Gasteiger partial charge in [-0.25, -0.2) is 22.3 Å². The quantitative estimate of drug-likeness (QED) is 0.780. The van der Waals surface area contributed by atoms with Crippen LogP contribution in [0, 0.1) is 0 Å². The minimum atomic E-state index is -3.98. The van der Waals surface area contributed by atoms with Crippen LogP contribution in [0.25, 0.3) is 0 Å². The molecule has 15 heavy (non-hydrogen) atoms. The first-order valence-electron chi connectivity index (χ1n) is 3.86. The molecule has 8 heteroatoms. The molecule has 0 aromatic carbocycles. The Kier molecular flexibility index (Phi) is 3.32. The van der Waals surface area contributed by atoms with E-state index in [2.05, 4.69) is 4.98 Å². The maximum atomic E-state index is 12.2. The molecule has 0 saturated carbocycles. The molecule has 0 radical (unpaired) electrons. The van der Waals surface area contributed by atoms with Gasteiger partial charge in [0.25, 0.3) is 6.43 Å². The average Bonchev–Trinajstić information content (AvgIpc) is 2.15. The van der Waals surface area contributed by atoms with Gasteiger partial charge in [0.2, 0.25) is 10.0 Å². The van der Waals surface area contributed by atoms with Crippen LogP contribution in [0.4, 0.5) is 8.78 Å². The Balaban J connectivity index is 3.34. The summed E-state index contributed by atoms with van der Waals surface area (Å²) in [7, 11) is -3.98. The van der Waals surface area contributed by atoms with Crippen LogP contribution in [0.1, 0.15) is 17.7 Å². The summed E-state index contributed by atoms with van der Waals surface area (Å²) in [6.07, 6.45) is -1.98. The number of pyridine rings is 1. The van der Waals surface area contributed by atoms with Crippen LogP contribution < -0.4 is 10.9 Å². The second kappa shape index (κ2) is 4.17. The lowest BCUT2D eigenvalue weighted by atomic mass is 10.2. The number of hydrogen-bond acceptors (Lipinski definition) is 4. The van der Waals surface area contributed by atoms with Crippen molar-refractivity contribution in [2.45, 2.75) is 17.9 Å². The number of sulfonamides is 1. The minimum absolute atomic E-state index is 0.0304. The molecule has 0 amide bonds. The lowest BCUT2D eigenvalue weighted by molar-refractivity contribution is 0.146. The summed E-state index contributed by atoms with van der Waals surface area (Å²) >= 11 is 0. The molecule has 1 rings (SSSR count). The molecular formula is C7H9F2N3O2S. The molecule has 0 aliphatic rings. The van der Waals surface area contributed by atoms with E-state index in [1.807, 2.05) is 0 Å². The normalized spacial score (nSPS) is 12.1. The fourth-order valence-electron chi connectivity index (χ4n) is 1.04. The summed E-state index contributed by atoms with van der Waals surface area (Å²) in [5, 5.41) is 4.85. The van der Waals surface area contributed by atoms with Crippen LogP contribution in [-0.2, 0) is 16.6 Å². The number of hydrogen-bond donors (Lipinski definition) is 2. The van der Waals surface area contributed by atoms with Crippen LogP contribution in [-0.4, -0.2) is 13.4 Å².